The number of ketones is 2. The van der Waals surface area contributed by atoms with E-state index < -0.39 is 12.1 Å². The first-order valence-electron chi connectivity index (χ1n) is 10.1. The number of fused-ring (bicyclic) bond motifs is 1. The van der Waals surface area contributed by atoms with Crippen molar-refractivity contribution in [3.05, 3.63) is 108 Å². The number of esters is 1. The number of para-hydroxylation sites is 1. The van der Waals surface area contributed by atoms with Gasteiger partial charge in [-0.3, -0.25) is 14.4 Å². The van der Waals surface area contributed by atoms with Crippen molar-refractivity contribution in [1.29, 1.82) is 0 Å². The van der Waals surface area contributed by atoms with Crippen molar-refractivity contribution in [3.63, 3.8) is 0 Å². The molecule has 0 bridgehead atoms. The minimum Gasteiger partial charge on any atom is -0.449 e. The lowest BCUT2D eigenvalue weighted by Crippen LogP contribution is -2.20. The molecule has 0 aliphatic carbocycles. The first kappa shape index (κ1) is 20.3. The normalized spacial score (nSPS) is 11.7. The highest BCUT2D eigenvalue weighted by Crippen LogP contribution is 2.27. The molecule has 1 heterocycles. The average molecular weight is 411 g/mol. The van der Waals surface area contributed by atoms with Crippen LogP contribution in [0.25, 0.3) is 10.9 Å². The maximum atomic E-state index is 13.4. The standard InChI is InChI=1S/C26H21NO4/c28-23(18-9-3-1-4-10-18)15-16-24(29)31-26(19-11-5-2-6-12-19)25(30)21-17-27-22-14-8-7-13-20(21)22/h1-14,17,26-27H,15-16H2/t26-/m1/s1. The number of carbonyl (C=O) groups excluding carboxylic acids is 3. The van der Waals surface area contributed by atoms with Crippen molar-refractivity contribution in [2.75, 3.05) is 0 Å². The van der Waals surface area contributed by atoms with Crippen LogP contribution in [0.5, 0.6) is 0 Å². The molecule has 154 valence electrons. The van der Waals surface area contributed by atoms with E-state index in [0.717, 1.165) is 10.9 Å². The second kappa shape index (κ2) is 9.22. The lowest BCUT2D eigenvalue weighted by molar-refractivity contribution is -0.147. The van der Waals surface area contributed by atoms with Crippen LogP contribution in [-0.4, -0.2) is 22.5 Å². The summed E-state index contributed by atoms with van der Waals surface area (Å²) in [6.45, 7) is 0. The van der Waals surface area contributed by atoms with Gasteiger partial charge in [-0.05, 0) is 6.07 Å². The van der Waals surface area contributed by atoms with Crippen LogP contribution in [-0.2, 0) is 9.53 Å². The first-order chi connectivity index (χ1) is 15.1. The molecule has 1 atom stereocenters. The number of H-pyrrole nitrogens is 1. The lowest BCUT2D eigenvalue weighted by atomic mass is 9.99. The summed E-state index contributed by atoms with van der Waals surface area (Å²) in [5.41, 5.74) is 2.42. The summed E-state index contributed by atoms with van der Waals surface area (Å²) in [5.74, 6) is -1.05. The van der Waals surface area contributed by atoms with Gasteiger partial charge in [-0.1, -0.05) is 78.9 Å². The van der Waals surface area contributed by atoms with E-state index in [1.54, 1.807) is 54.7 Å². The quantitative estimate of drug-likeness (QED) is 0.315. The van der Waals surface area contributed by atoms with Gasteiger partial charge in [0, 0.05) is 40.2 Å². The third kappa shape index (κ3) is 4.61. The fourth-order valence-electron chi connectivity index (χ4n) is 3.49. The smallest absolute Gasteiger partial charge is 0.307 e. The van der Waals surface area contributed by atoms with Crippen LogP contribution < -0.4 is 0 Å². The number of carbonyl (C=O) groups is 3. The molecular formula is C26H21NO4. The van der Waals surface area contributed by atoms with Crippen molar-refractivity contribution < 1.29 is 19.1 Å². The van der Waals surface area contributed by atoms with E-state index in [4.69, 9.17) is 4.74 Å². The summed E-state index contributed by atoms with van der Waals surface area (Å²) in [6, 6.07) is 25.2. The molecule has 5 heteroatoms. The van der Waals surface area contributed by atoms with Gasteiger partial charge < -0.3 is 9.72 Å². The molecule has 0 fully saturated rings. The molecule has 0 aliphatic rings. The van der Waals surface area contributed by atoms with Gasteiger partial charge in [0.05, 0.1) is 6.42 Å². The minimum absolute atomic E-state index is 0.0195. The molecule has 31 heavy (non-hydrogen) atoms. The van der Waals surface area contributed by atoms with E-state index in [9.17, 15) is 14.4 Å². The summed E-state index contributed by atoms with van der Waals surface area (Å²) < 4.78 is 5.60. The van der Waals surface area contributed by atoms with Crippen molar-refractivity contribution in [3.8, 4) is 0 Å². The third-order valence-corrected chi connectivity index (χ3v) is 5.10. The zero-order chi connectivity index (χ0) is 21.6. The van der Waals surface area contributed by atoms with Gasteiger partial charge in [-0.15, -0.1) is 0 Å². The van der Waals surface area contributed by atoms with Crippen molar-refractivity contribution in [2.24, 2.45) is 0 Å². The summed E-state index contributed by atoms with van der Waals surface area (Å²) in [6.07, 6.45) is 0.472. The Morgan fingerprint density at radius 2 is 1.42 bits per heavy atom. The van der Waals surface area contributed by atoms with Crippen LogP contribution >= 0.6 is 0 Å². The maximum Gasteiger partial charge on any atom is 0.307 e. The monoisotopic (exact) mass is 411 g/mol. The van der Waals surface area contributed by atoms with Crippen molar-refractivity contribution in [1.82, 2.24) is 4.98 Å². The molecule has 0 radical (unpaired) electrons. The predicted octanol–water partition coefficient (Wildman–Crippen LogP) is 5.30. The first-order valence-corrected chi connectivity index (χ1v) is 10.1. The van der Waals surface area contributed by atoms with Crippen LogP contribution in [0.1, 0.15) is 45.2 Å². The highest BCUT2D eigenvalue weighted by Gasteiger charge is 2.28. The van der Waals surface area contributed by atoms with Gasteiger partial charge in [0.1, 0.15) is 0 Å². The molecule has 0 aliphatic heterocycles. The Labute approximate surface area is 179 Å². The van der Waals surface area contributed by atoms with Gasteiger partial charge in [-0.2, -0.15) is 0 Å². The maximum absolute atomic E-state index is 13.4. The Morgan fingerprint density at radius 1 is 0.774 bits per heavy atom. The van der Waals surface area contributed by atoms with Crippen molar-refractivity contribution >= 4 is 28.4 Å². The SMILES string of the molecule is O=C(CCC(=O)c1ccccc1)O[C@@H](C(=O)c1c[nH]c2ccccc12)c1ccccc1. The van der Waals surface area contributed by atoms with Gasteiger partial charge in [0.15, 0.2) is 11.9 Å². The number of benzene rings is 3. The van der Waals surface area contributed by atoms with Gasteiger partial charge in [-0.25, -0.2) is 0 Å². The third-order valence-electron chi connectivity index (χ3n) is 5.10. The highest BCUT2D eigenvalue weighted by atomic mass is 16.5. The topological polar surface area (TPSA) is 76.2 Å². The number of rotatable bonds is 8. The summed E-state index contributed by atoms with van der Waals surface area (Å²) in [7, 11) is 0. The Hall–Kier alpha value is -3.99. The van der Waals surface area contributed by atoms with E-state index in [0.29, 0.717) is 16.7 Å². The van der Waals surface area contributed by atoms with Crippen LogP contribution in [0, 0.1) is 0 Å². The Balaban J connectivity index is 1.52. The molecule has 0 amide bonds. The van der Waals surface area contributed by atoms with E-state index in [1.807, 2.05) is 36.4 Å². The molecule has 1 N–H and O–H groups in total. The molecule has 0 spiro atoms. The Kier molecular flexibility index (Phi) is 6.03. The summed E-state index contributed by atoms with van der Waals surface area (Å²) >= 11 is 0. The van der Waals surface area contributed by atoms with Crippen molar-refractivity contribution in [2.45, 2.75) is 18.9 Å². The number of aromatic amines is 1. The van der Waals surface area contributed by atoms with Crippen LogP contribution in [0.2, 0.25) is 0 Å². The van der Waals surface area contributed by atoms with E-state index in [1.165, 1.54) is 0 Å². The fraction of sp³-hybridized carbons (Fsp3) is 0.115. The molecule has 4 rings (SSSR count). The van der Waals surface area contributed by atoms with E-state index >= 15 is 0 Å². The van der Waals surface area contributed by atoms with E-state index in [-0.39, 0.29) is 24.4 Å². The molecule has 5 nitrogen and oxygen atoms in total. The largest absolute Gasteiger partial charge is 0.449 e. The van der Waals surface area contributed by atoms with Crippen LogP contribution in [0.3, 0.4) is 0 Å². The molecule has 4 aromatic rings. The lowest BCUT2D eigenvalue weighted by Gasteiger charge is -2.17. The summed E-state index contributed by atoms with van der Waals surface area (Å²) in [5, 5.41) is 0.767. The predicted molar refractivity (Wildman–Crippen MR) is 118 cm³/mol. The highest BCUT2D eigenvalue weighted by molar-refractivity contribution is 6.10. The molecule has 1 aromatic heterocycles. The Bertz CT molecular complexity index is 1210. The zero-order valence-electron chi connectivity index (χ0n) is 16.8. The number of nitrogens with one attached hydrogen (secondary N) is 1. The second-order valence-corrected chi connectivity index (χ2v) is 7.18. The molecule has 0 unspecified atom stereocenters. The number of aromatic nitrogens is 1. The van der Waals surface area contributed by atoms with Gasteiger partial charge >= 0.3 is 5.97 Å². The number of ether oxygens (including phenoxy) is 1. The van der Waals surface area contributed by atoms with Crippen LogP contribution in [0.4, 0.5) is 0 Å². The molecule has 0 saturated carbocycles. The number of hydrogen-bond acceptors (Lipinski definition) is 4. The minimum atomic E-state index is -1.08. The van der Waals surface area contributed by atoms with Gasteiger partial charge in [0.2, 0.25) is 5.78 Å². The summed E-state index contributed by atoms with van der Waals surface area (Å²) in [4.78, 5) is 41.3. The van der Waals surface area contributed by atoms with Crippen LogP contribution in [0.15, 0.2) is 91.1 Å². The second-order valence-electron chi connectivity index (χ2n) is 7.18. The number of hydrogen-bond donors (Lipinski definition) is 1. The average Bonchev–Trinajstić information content (AvgIpc) is 3.26. The fourth-order valence-corrected chi connectivity index (χ4v) is 3.49. The van der Waals surface area contributed by atoms with E-state index in [2.05, 4.69) is 4.98 Å². The molecule has 0 saturated heterocycles. The van der Waals surface area contributed by atoms with Gasteiger partial charge in [0.25, 0.3) is 0 Å². The zero-order valence-corrected chi connectivity index (χ0v) is 16.8. The molecule has 3 aromatic carbocycles. The number of Topliss-reactive ketones (excluding diaryl/α,β-unsaturated/α-hetero) is 2. The molecular weight excluding hydrogens is 390 g/mol. The Morgan fingerprint density at radius 3 is 2.16 bits per heavy atom.